The number of aromatic nitrogens is 1. The summed E-state index contributed by atoms with van der Waals surface area (Å²) < 4.78 is 9.83. The fourth-order valence-electron chi connectivity index (χ4n) is 3.40. The maximum absolute atomic E-state index is 12.9. The van der Waals surface area contributed by atoms with Gasteiger partial charge in [-0.2, -0.15) is 0 Å². The van der Waals surface area contributed by atoms with E-state index in [1.165, 1.54) is 6.92 Å². The molecule has 0 spiro atoms. The summed E-state index contributed by atoms with van der Waals surface area (Å²) >= 11 is 0. The van der Waals surface area contributed by atoms with Gasteiger partial charge in [-0.1, -0.05) is 18.2 Å². The molecule has 2 aliphatic heterocycles. The van der Waals surface area contributed by atoms with E-state index in [9.17, 15) is 19.2 Å². The number of benzene rings is 1. The van der Waals surface area contributed by atoms with Crippen LogP contribution in [0.25, 0.3) is 10.9 Å². The third-order valence-electron chi connectivity index (χ3n) is 4.83. The average Bonchev–Trinajstić information content (AvgIpc) is 3.17. The highest BCUT2D eigenvalue weighted by atomic mass is 16.6. The van der Waals surface area contributed by atoms with Crippen molar-refractivity contribution in [3.05, 3.63) is 41.6 Å². The zero-order chi connectivity index (χ0) is 19.1. The summed E-state index contributed by atoms with van der Waals surface area (Å²) in [7, 11) is 0. The van der Waals surface area contributed by atoms with Crippen molar-refractivity contribution in [2.45, 2.75) is 13.5 Å². The van der Waals surface area contributed by atoms with E-state index in [4.69, 9.17) is 9.47 Å². The van der Waals surface area contributed by atoms with E-state index in [1.807, 2.05) is 24.3 Å². The predicted molar refractivity (Wildman–Crippen MR) is 91.2 cm³/mol. The van der Waals surface area contributed by atoms with Gasteiger partial charge in [0.2, 0.25) is 5.91 Å². The highest BCUT2D eigenvalue weighted by Gasteiger charge is 2.47. The van der Waals surface area contributed by atoms with Crippen LogP contribution in [-0.4, -0.2) is 46.9 Å². The van der Waals surface area contributed by atoms with Crippen molar-refractivity contribution in [1.29, 1.82) is 0 Å². The molecule has 8 nitrogen and oxygen atoms in total. The van der Waals surface area contributed by atoms with Gasteiger partial charge in [0.25, 0.3) is 5.91 Å². The van der Waals surface area contributed by atoms with Crippen LogP contribution in [0.15, 0.2) is 30.3 Å². The zero-order valence-corrected chi connectivity index (χ0v) is 14.5. The fraction of sp³-hybridized carbons (Fsp3) is 0.316. The van der Waals surface area contributed by atoms with Gasteiger partial charge in [-0.25, -0.2) is 0 Å². The minimum atomic E-state index is -0.912. The molecule has 1 fully saturated rings. The van der Waals surface area contributed by atoms with Crippen molar-refractivity contribution in [3.63, 3.8) is 0 Å². The number of pyridine rings is 1. The number of carbonyl (C=O) groups is 4. The number of rotatable bonds is 3. The van der Waals surface area contributed by atoms with Crippen LogP contribution in [0.1, 0.15) is 23.0 Å². The first-order chi connectivity index (χ1) is 13.0. The van der Waals surface area contributed by atoms with E-state index in [1.54, 1.807) is 6.07 Å². The first kappa shape index (κ1) is 17.1. The van der Waals surface area contributed by atoms with Crippen LogP contribution < -0.4 is 0 Å². The second-order valence-electron chi connectivity index (χ2n) is 6.55. The Morgan fingerprint density at radius 2 is 2.07 bits per heavy atom. The fourth-order valence-corrected chi connectivity index (χ4v) is 3.40. The van der Waals surface area contributed by atoms with E-state index in [0.29, 0.717) is 11.3 Å². The normalized spacial score (nSPS) is 21.3. The number of para-hydroxylation sites is 1. The molecule has 1 aromatic carbocycles. The summed E-state index contributed by atoms with van der Waals surface area (Å²) in [6.07, 6.45) is 0. The SMILES string of the molecule is CC(=O)OCC1C(=O)OCC1C(=O)N1Cc2nc3ccccc3cc2C1=O. The van der Waals surface area contributed by atoms with Crippen LogP contribution in [-0.2, 0) is 30.4 Å². The van der Waals surface area contributed by atoms with Crippen molar-refractivity contribution in [1.82, 2.24) is 9.88 Å². The van der Waals surface area contributed by atoms with Gasteiger partial charge in [0.1, 0.15) is 19.1 Å². The predicted octanol–water partition coefficient (Wildman–Crippen LogP) is 1.07. The topological polar surface area (TPSA) is 103 Å². The Balaban J connectivity index is 1.58. The Hall–Kier alpha value is -3.29. The molecule has 1 aromatic heterocycles. The molecule has 1 saturated heterocycles. The minimum Gasteiger partial charge on any atom is -0.465 e. The number of hydrogen-bond acceptors (Lipinski definition) is 7. The Morgan fingerprint density at radius 3 is 2.85 bits per heavy atom. The van der Waals surface area contributed by atoms with Gasteiger partial charge in [-0.05, 0) is 12.1 Å². The highest BCUT2D eigenvalue weighted by molar-refractivity contribution is 6.10. The van der Waals surface area contributed by atoms with Crippen molar-refractivity contribution in [2.75, 3.05) is 13.2 Å². The number of hydrogen-bond donors (Lipinski definition) is 0. The number of nitrogens with zero attached hydrogens (tertiary/aromatic N) is 2. The summed E-state index contributed by atoms with van der Waals surface area (Å²) in [5.74, 6) is -3.91. The smallest absolute Gasteiger partial charge is 0.313 e. The van der Waals surface area contributed by atoms with Gasteiger partial charge >= 0.3 is 11.9 Å². The lowest BCUT2D eigenvalue weighted by atomic mass is 9.95. The van der Waals surface area contributed by atoms with Gasteiger partial charge in [0.15, 0.2) is 0 Å². The zero-order valence-electron chi connectivity index (χ0n) is 14.5. The number of ether oxygens (including phenoxy) is 2. The Kier molecular flexibility index (Phi) is 4.10. The molecule has 0 radical (unpaired) electrons. The lowest BCUT2D eigenvalue weighted by Crippen LogP contribution is -2.40. The average molecular weight is 368 g/mol. The number of carbonyl (C=O) groups excluding carboxylic acids is 4. The molecule has 138 valence electrons. The number of amides is 2. The molecule has 27 heavy (non-hydrogen) atoms. The molecule has 0 bridgehead atoms. The summed E-state index contributed by atoms with van der Waals surface area (Å²) in [6.45, 7) is 0.873. The third-order valence-corrected chi connectivity index (χ3v) is 4.83. The molecular weight excluding hydrogens is 352 g/mol. The second kappa shape index (κ2) is 6.46. The Morgan fingerprint density at radius 1 is 1.30 bits per heavy atom. The van der Waals surface area contributed by atoms with Crippen LogP contribution >= 0.6 is 0 Å². The first-order valence-corrected chi connectivity index (χ1v) is 8.50. The molecule has 2 unspecified atom stereocenters. The number of fused-ring (bicyclic) bond motifs is 2. The van der Waals surface area contributed by atoms with Crippen molar-refractivity contribution in [2.24, 2.45) is 11.8 Å². The van der Waals surface area contributed by atoms with E-state index in [2.05, 4.69) is 4.98 Å². The van der Waals surface area contributed by atoms with Crippen LogP contribution in [0.4, 0.5) is 0 Å². The maximum atomic E-state index is 12.9. The summed E-state index contributed by atoms with van der Waals surface area (Å²) in [5.41, 5.74) is 1.64. The lowest BCUT2D eigenvalue weighted by Gasteiger charge is -2.20. The number of esters is 2. The monoisotopic (exact) mass is 368 g/mol. The van der Waals surface area contributed by atoms with Crippen LogP contribution in [0, 0.1) is 11.8 Å². The quantitative estimate of drug-likeness (QED) is 0.590. The summed E-state index contributed by atoms with van der Waals surface area (Å²) in [6, 6.07) is 9.10. The third kappa shape index (κ3) is 2.92. The van der Waals surface area contributed by atoms with E-state index >= 15 is 0 Å². The van der Waals surface area contributed by atoms with Crippen LogP contribution in [0.3, 0.4) is 0 Å². The molecule has 0 aliphatic carbocycles. The van der Waals surface area contributed by atoms with Crippen molar-refractivity contribution >= 4 is 34.7 Å². The highest BCUT2D eigenvalue weighted by Crippen LogP contribution is 2.30. The largest absolute Gasteiger partial charge is 0.465 e. The first-order valence-electron chi connectivity index (χ1n) is 8.50. The number of cyclic esters (lactones) is 1. The molecule has 2 aliphatic rings. The van der Waals surface area contributed by atoms with E-state index in [0.717, 1.165) is 15.8 Å². The minimum absolute atomic E-state index is 0.0445. The lowest BCUT2D eigenvalue weighted by molar-refractivity contribution is -0.149. The molecule has 2 aromatic rings. The standard InChI is InChI=1S/C19H16N2O6/c1-10(22)26-9-14-13(8-27-19(14)25)18(24)21-7-16-12(17(21)23)6-11-4-2-3-5-15(11)20-16/h2-6,13-14H,7-9H2,1H3. The molecule has 4 rings (SSSR count). The van der Waals surface area contributed by atoms with E-state index < -0.39 is 35.6 Å². The Labute approximate surface area is 154 Å². The van der Waals surface area contributed by atoms with Crippen LogP contribution in [0.2, 0.25) is 0 Å². The van der Waals surface area contributed by atoms with E-state index in [-0.39, 0.29) is 19.8 Å². The molecule has 0 saturated carbocycles. The van der Waals surface area contributed by atoms with Gasteiger partial charge in [0, 0.05) is 12.3 Å². The summed E-state index contributed by atoms with van der Waals surface area (Å²) in [5, 5.41) is 0.811. The molecule has 0 N–H and O–H groups in total. The van der Waals surface area contributed by atoms with Crippen molar-refractivity contribution < 1.29 is 28.7 Å². The van der Waals surface area contributed by atoms with Gasteiger partial charge in [-0.15, -0.1) is 0 Å². The molecule has 8 heteroatoms. The van der Waals surface area contributed by atoms with Crippen molar-refractivity contribution in [3.8, 4) is 0 Å². The second-order valence-corrected chi connectivity index (χ2v) is 6.55. The molecular formula is C19H16N2O6. The number of imide groups is 1. The maximum Gasteiger partial charge on any atom is 0.313 e. The van der Waals surface area contributed by atoms with Gasteiger partial charge < -0.3 is 9.47 Å². The molecule has 2 atom stereocenters. The summed E-state index contributed by atoms with van der Waals surface area (Å²) in [4.78, 5) is 54.2. The van der Waals surface area contributed by atoms with Crippen LogP contribution in [0.5, 0.6) is 0 Å². The van der Waals surface area contributed by atoms with Gasteiger partial charge in [-0.3, -0.25) is 29.1 Å². The molecule has 2 amide bonds. The van der Waals surface area contributed by atoms with Gasteiger partial charge in [0.05, 0.1) is 29.2 Å². The molecule has 3 heterocycles. The Bertz CT molecular complexity index is 985.